The van der Waals surface area contributed by atoms with E-state index in [1.165, 1.54) is 22.2 Å². The van der Waals surface area contributed by atoms with Crippen LogP contribution in [0, 0.1) is 0 Å². The second-order valence-corrected chi connectivity index (χ2v) is 5.88. The van der Waals surface area contributed by atoms with Gasteiger partial charge in [0.1, 0.15) is 0 Å². The summed E-state index contributed by atoms with van der Waals surface area (Å²) in [4.78, 5) is 1.32. The number of hydrogen-bond donors (Lipinski definition) is 1. The summed E-state index contributed by atoms with van der Waals surface area (Å²) in [6, 6.07) is 8.34. The topological polar surface area (TPSA) is 26.0 Å². The fraction of sp³-hybridized carbons (Fsp3) is 0.455. The molecule has 1 fully saturated rings. The van der Waals surface area contributed by atoms with Gasteiger partial charge in [-0.3, -0.25) is 0 Å². The van der Waals surface area contributed by atoms with Crippen molar-refractivity contribution in [3.8, 4) is 0 Å². The summed E-state index contributed by atoms with van der Waals surface area (Å²) < 4.78 is 1.19. The van der Waals surface area contributed by atoms with Gasteiger partial charge in [-0.15, -0.1) is 11.8 Å². The smallest absolute Gasteiger partial charge is 0.0311 e. The van der Waals surface area contributed by atoms with Gasteiger partial charge in [0.2, 0.25) is 0 Å². The fourth-order valence-electron chi connectivity index (χ4n) is 1.34. The first-order valence-electron chi connectivity index (χ1n) is 4.86. The van der Waals surface area contributed by atoms with Gasteiger partial charge in [0.15, 0.2) is 0 Å². The maximum atomic E-state index is 6.02. The first-order chi connectivity index (χ1) is 6.70. The molecule has 2 rings (SSSR count). The van der Waals surface area contributed by atoms with E-state index < -0.39 is 0 Å². The van der Waals surface area contributed by atoms with Gasteiger partial charge in [0.25, 0.3) is 0 Å². The summed E-state index contributed by atoms with van der Waals surface area (Å²) in [5, 5.41) is 0. The van der Waals surface area contributed by atoms with Crippen LogP contribution < -0.4 is 5.73 Å². The van der Waals surface area contributed by atoms with Crippen molar-refractivity contribution in [2.45, 2.75) is 29.7 Å². The maximum Gasteiger partial charge on any atom is 0.0311 e. The van der Waals surface area contributed by atoms with Gasteiger partial charge in [-0.1, -0.05) is 12.1 Å². The summed E-state index contributed by atoms with van der Waals surface area (Å²) in [6.45, 7) is 0. The van der Waals surface area contributed by atoms with E-state index in [0.717, 1.165) is 12.2 Å². The first kappa shape index (κ1) is 10.5. The van der Waals surface area contributed by atoms with Crippen molar-refractivity contribution in [1.29, 1.82) is 0 Å². The lowest BCUT2D eigenvalue weighted by atomic mass is 10.2. The van der Waals surface area contributed by atoms with Gasteiger partial charge in [-0.05, 0) is 53.1 Å². The molecule has 1 aliphatic rings. The predicted molar refractivity (Wildman–Crippen MR) is 65.6 cm³/mol. The largest absolute Gasteiger partial charge is 0.325 e. The van der Waals surface area contributed by atoms with Gasteiger partial charge in [-0.25, -0.2) is 0 Å². The molecule has 14 heavy (non-hydrogen) atoms. The molecule has 1 aromatic rings. The quantitative estimate of drug-likeness (QED) is 0.850. The van der Waals surface area contributed by atoms with E-state index >= 15 is 0 Å². The minimum absolute atomic E-state index is 0.189. The Morgan fingerprint density at radius 3 is 2.71 bits per heavy atom. The molecular weight excluding hydrogens is 258 g/mol. The summed E-state index contributed by atoms with van der Waals surface area (Å²) in [6.07, 6.45) is 3.56. The molecule has 0 spiro atoms. The Kier molecular flexibility index (Phi) is 3.20. The summed E-state index contributed by atoms with van der Waals surface area (Å²) in [5.74, 6) is 1.12. The molecule has 0 aliphatic heterocycles. The van der Waals surface area contributed by atoms with Crippen molar-refractivity contribution in [3.63, 3.8) is 0 Å². The molecular formula is C11H14BrNS. The molecule has 0 unspecified atom stereocenters. The highest BCUT2D eigenvalue weighted by Crippen LogP contribution is 2.38. The molecule has 0 atom stereocenters. The summed E-state index contributed by atoms with van der Waals surface area (Å²) >= 11 is 5.43. The zero-order valence-corrected chi connectivity index (χ0v) is 10.4. The van der Waals surface area contributed by atoms with Gasteiger partial charge < -0.3 is 5.73 Å². The van der Waals surface area contributed by atoms with Crippen LogP contribution in [0.5, 0.6) is 0 Å². The zero-order chi connectivity index (χ0) is 10.0. The monoisotopic (exact) mass is 271 g/mol. The predicted octanol–water partition coefficient (Wildman–Crippen LogP) is 3.42. The average Bonchev–Trinajstić information content (AvgIpc) is 2.88. The van der Waals surface area contributed by atoms with E-state index in [1.54, 1.807) is 0 Å². The first-order valence-corrected chi connectivity index (χ1v) is 6.64. The van der Waals surface area contributed by atoms with E-state index in [0.29, 0.717) is 0 Å². The van der Waals surface area contributed by atoms with E-state index in [1.807, 2.05) is 17.8 Å². The van der Waals surface area contributed by atoms with Crippen LogP contribution >= 0.6 is 27.7 Å². The highest BCUT2D eigenvalue weighted by molar-refractivity contribution is 9.10. The minimum Gasteiger partial charge on any atom is -0.325 e. The average molecular weight is 272 g/mol. The van der Waals surface area contributed by atoms with Crippen LogP contribution in [0.3, 0.4) is 0 Å². The zero-order valence-electron chi connectivity index (χ0n) is 8.00. The Morgan fingerprint density at radius 2 is 2.07 bits per heavy atom. The molecule has 0 heterocycles. The second kappa shape index (κ2) is 4.25. The van der Waals surface area contributed by atoms with Crippen molar-refractivity contribution in [2.24, 2.45) is 5.73 Å². The second-order valence-electron chi connectivity index (χ2n) is 3.89. The van der Waals surface area contributed by atoms with Crippen LogP contribution in [0.1, 0.15) is 19.3 Å². The number of hydrogen-bond acceptors (Lipinski definition) is 2. The lowest BCUT2D eigenvalue weighted by Crippen LogP contribution is -2.21. The lowest BCUT2D eigenvalue weighted by molar-refractivity contribution is 0.656. The van der Waals surface area contributed by atoms with E-state index in [-0.39, 0.29) is 5.54 Å². The normalized spacial score (nSPS) is 18.1. The molecule has 1 nitrogen and oxygen atoms in total. The van der Waals surface area contributed by atoms with Crippen LogP contribution in [-0.4, -0.2) is 11.3 Å². The van der Waals surface area contributed by atoms with Crippen molar-refractivity contribution in [1.82, 2.24) is 0 Å². The molecule has 2 N–H and O–H groups in total. The Morgan fingerprint density at radius 1 is 1.36 bits per heavy atom. The SMILES string of the molecule is NC1(CCSc2ccccc2Br)CC1. The van der Waals surface area contributed by atoms with Crippen molar-refractivity contribution in [2.75, 3.05) is 5.75 Å². The van der Waals surface area contributed by atoms with E-state index in [4.69, 9.17) is 5.73 Å². The van der Waals surface area contributed by atoms with Crippen molar-refractivity contribution >= 4 is 27.7 Å². The molecule has 0 aromatic heterocycles. The number of thioether (sulfide) groups is 1. The molecule has 1 aromatic carbocycles. The standard InChI is InChI=1S/C11H14BrNS/c12-9-3-1-2-4-10(9)14-8-7-11(13)5-6-11/h1-4H,5-8,13H2. The molecule has 1 aliphatic carbocycles. The number of nitrogens with two attached hydrogens (primary N) is 1. The molecule has 1 saturated carbocycles. The molecule has 0 saturated heterocycles. The Labute approximate surface area is 97.6 Å². The van der Waals surface area contributed by atoms with Crippen molar-refractivity contribution < 1.29 is 0 Å². The van der Waals surface area contributed by atoms with Crippen LogP contribution in [0.4, 0.5) is 0 Å². The third kappa shape index (κ3) is 2.75. The number of rotatable bonds is 4. The molecule has 0 radical (unpaired) electrons. The van der Waals surface area contributed by atoms with Crippen molar-refractivity contribution in [3.05, 3.63) is 28.7 Å². The van der Waals surface area contributed by atoms with Crippen LogP contribution in [0.15, 0.2) is 33.6 Å². The number of benzene rings is 1. The maximum absolute atomic E-state index is 6.02. The van der Waals surface area contributed by atoms with Gasteiger partial charge in [0, 0.05) is 14.9 Å². The Balaban J connectivity index is 1.83. The Bertz CT molecular complexity index is 323. The lowest BCUT2D eigenvalue weighted by Gasteiger charge is -2.08. The summed E-state index contributed by atoms with van der Waals surface area (Å²) in [7, 11) is 0. The molecule has 3 heteroatoms. The fourth-order valence-corrected chi connectivity index (χ4v) is 3.07. The van der Waals surface area contributed by atoms with Gasteiger partial charge in [0.05, 0.1) is 0 Å². The van der Waals surface area contributed by atoms with Crippen LogP contribution in [0.25, 0.3) is 0 Å². The van der Waals surface area contributed by atoms with Crippen LogP contribution in [-0.2, 0) is 0 Å². The van der Waals surface area contributed by atoms with Gasteiger partial charge >= 0.3 is 0 Å². The number of halogens is 1. The highest BCUT2D eigenvalue weighted by atomic mass is 79.9. The third-order valence-corrected chi connectivity index (χ3v) is 4.62. The minimum atomic E-state index is 0.189. The molecule has 0 bridgehead atoms. The molecule has 0 amide bonds. The van der Waals surface area contributed by atoms with E-state index in [2.05, 4.69) is 34.1 Å². The highest BCUT2D eigenvalue weighted by Gasteiger charge is 2.37. The Hall–Kier alpha value is 0.01000. The molecule has 76 valence electrons. The van der Waals surface area contributed by atoms with Crippen LogP contribution in [0.2, 0.25) is 0 Å². The summed E-state index contributed by atoms with van der Waals surface area (Å²) in [5.41, 5.74) is 6.21. The third-order valence-electron chi connectivity index (χ3n) is 2.59. The van der Waals surface area contributed by atoms with E-state index in [9.17, 15) is 0 Å². The van der Waals surface area contributed by atoms with Gasteiger partial charge in [-0.2, -0.15) is 0 Å².